The van der Waals surface area contributed by atoms with E-state index in [0.29, 0.717) is 5.56 Å². The molecule has 0 N–H and O–H groups in total. The molecule has 5 heteroatoms. The number of ketones is 1. The Morgan fingerprint density at radius 2 is 1.85 bits per heavy atom. The zero-order chi connectivity index (χ0) is 14.4. The highest BCUT2D eigenvalue weighted by Gasteiger charge is 2.05. The smallest absolute Gasteiger partial charge is 0.270 e. The molecule has 4 nitrogen and oxygen atoms in total. The lowest BCUT2D eigenvalue weighted by Gasteiger charge is -1.96. The van der Waals surface area contributed by atoms with Crippen LogP contribution < -0.4 is 0 Å². The van der Waals surface area contributed by atoms with E-state index in [2.05, 4.69) is 0 Å². The molecule has 0 aliphatic heterocycles. The molecule has 0 fully saturated rings. The van der Waals surface area contributed by atoms with E-state index < -0.39 is 4.92 Å². The maximum absolute atomic E-state index is 11.8. The van der Waals surface area contributed by atoms with Crippen LogP contribution in [0.4, 0.5) is 5.69 Å². The van der Waals surface area contributed by atoms with Crippen molar-refractivity contribution in [3.8, 4) is 0 Å². The van der Waals surface area contributed by atoms with Gasteiger partial charge in [0.25, 0.3) is 5.69 Å². The summed E-state index contributed by atoms with van der Waals surface area (Å²) in [4.78, 5) is 22.7. The highest BCUT2D eigenvalue weighted by atomic mass is 32.2. The lowest BCUT2D eigenvalue weighted by Crippen LogP contribution is -1.92. The third-order valence-electron chi connectivity index (χ3n) is 2.51. The fourth-order valence-electron chi connectivity index (χ4n) is 1.54. The van der Waals surface area contributed by atoms with E-state index in [1.54, 1.807) is 41.8 Å². The molecule has 0 spiro atoms. The van der Waals surface area contributed by atoms with Gasteiger partial charge in [-0.05, 0) is 17.6 Å². The first-order valence-corrected chi connectivity index (χ1v) is 6.72. The Hall–Kier alpha value is -2.40. The molecule has 20 heavy (non-hydrogen) atoms. The van der Waals surface area contributed by atoms with E-state index in [9.17, 15) is 14.9 Å². The Morgan fingerprint density at radius 3 is 2.55 bits per heavy atom. The number of allylic oxidation sites excluding steroid dienone is 1. The SMILES string of the molecule is O=C(/C=C/Sc1cccc([N+](=O)[O-])c1)c1ccccc1. The van der Waals surface area contributed by atoms with E-state index >= 15 is 0 Å². The summed E-state index contributed by atoms with van der Waals surface area (Å²) in [5.41, 5.74) is 0.654. The van der Waals surface area contributed by atoms with Gasteiger partial charge < -0.3 is 0 Å². The number of hydrogen-bond donors (Lipinski definition) is 0. The average molecular weight is 285 g/mol. The summed E-state index contributed by atoms with van der Waals surface area (Å²) in [6, 6.07) is 15.2. The molecule has 0 heterocycles. The van der Waals surface area contributed by atoms with Gasteiger partial charge in [-0.1, -0.05) is 48.2 Å². The number of hydrogen-bond acceptors (Lipinski definition) is 4. The van der Waals surface area contributed by atoms with Crippen LogP contribution in [0.2, 0.25) is 0 Å². The number of nitro groups is 1. The van der Waals surface area contributed by atoms with Gasteiger partial charge in [0, 0.05) is 22.6 Å². The first kappa shape index (κ1) is 14.0. The van der Waals surface area contributed by atoms with Crippen LogP contribution in [-0.4, -0.2) is 10.7 Å². The zero-order valence-corrected chi connectivity index (χ0v) is 11.2. The summed E-state index contributed by atoms with van der Waals surface area (Å²) < 4.78 is 0. The van der Waals surface area contributed by atoms with Crippen LogP contribution >= 0.6 is 11.8 Å². The van der Waals surface area contributed by atoms with Gasteiger partial charge in [-0.25, -0.2) is 0 Å². The Morgan fingerprint density at radius 1 is 1.10 bits per heavy atom. The molecule has 0 amide bonds. The van der Waals surface area contributed by atoms with Crippen LogP contribution in [0, 0.1) is 10.1 Å². The van der Waals surface area contributed by atoms with Crippen LogP contribution in [0.1, 0.15) is 10.4 Å². The van der Waals surface area contributed by atoms with Gasteiger partial charge in [-0.2, -0.15) is 0 Å². The molecule has 2 rings (SSSR count). The van der Waals surface area contributed by atoms with Crippen LogP contribution in [0.15, 0.2) is 71.0 Å². The van der Waals surface area contributed by atoms with E-state index in [1.807, 2.05) is 6.07 Å². The Kier molecular flexibility index (Phi) is 4.68. The second-order valence-electron chi connectivity index (χ2n) is 3.91. The number of nitro benzene ring substituents is 1. The number of carbonyl (C=O) groups excluding carboxylic acids is 1. The Labute approximate surface area is 120 Å². The van der Waals surface area contributed by atoms with Crippen molar-refractivity contribution in [3.63, 3.8) is 0 Å². The normalized spacial score (nSPS) is 10.6. The van der Waals surface area contributed by atoms with E-state index in [-0.39, 0.29) is 11.5 Å². The summed E-state index contributed by atoms with van der Waals surface area (Å²) in [6.45, 7) is 0. The standard InChI is InChI=1S/C15H11NO3S/c17-15(12-5-2-1-3-6-12)9-10-20-14-8-4-7-13(11-14)16(18)19/h1-11H/b10-9+. The Balaban J connectivity index is 2.02. The Bertz CT molecular complexity index is 653. The summed E-state index contributed by atoms with van der Waals surface area (Å²) in [7, 11) is 0. The predicted molar refractivity (Wildman–Crippen MR) is 78.9 cm³/mol. The molecule has 2 aromatic rings. The minimum Gasteiger partial charge on any atom is -0.289 e. The molecule has 0 aliphatic rings. The fourth-order valence-corrected chi connectivity index (χ4v) is 2.24. The maximum atomic E-state index is 11.8. The minimum absolute atomic E-state index is 0.0396. The number of rotatable bonds is 5. The molecular weight excluding hydrogens is 274 g/mol. The second-order valence-corrected chi connectivity index (χ2v) is 4.88. The summed E-state index contributed by atoms with van der Waals surface area (Å²) in [6.07, 6.45) is 1.46. The van der Waals surface area contributed by atoms with E-state index in [0.717, 1.165) is 4.90 Å². The molecular formula is C15H11NO3S. The van der Waals surface area contributed by atoms with Gasteiger partial charge >= 0.3 is 0 Å². The van der Waals surface area contributed by atoms with E-state index in [1.165, 1.54) is 30.0 Å². The first-order valence-electron chi connectivity index (χ1n) is 5.84. The topological polar surface area (TPSA) is 60.2 Å². The second kappa shape index (κ2) is 6.68. The molecule has 0 unspecified atom stereocenters. The van der Waals surface area contributed by atoms with Crippen molar-refractivity contribution in [2.75, 3.05) is 0 Å². The zero-order valence-electron chi connectivity index (χ0n) is 10.4. The highest BCUT2D eigenvalue weighted by molar-refractivity contribution is 8.02. The fraction of sp³-hybridized carbons (Fsp3) is 0. The van der Waals surface area contributed by atoms with Crippen LogP contribution in [0.25, 0.3) is 0 Å². The largest absolute Gasteiger partial charge is 0.289 e. The van der Waals surface area contributed by atoms with Crippen molar-refractivity contribution in [1.29, 1.82) is 0 Å². The third kappa shape index (κ3) is 3.80. The molecule has 100 valence electrons. The average Bonchev–Trinajstić information content (AvgIpc) is 2.48. The van der Waals surface area contributed by atoms with Crippen molar-refractivity contribution in [1.82, 2.24) is 0 Å². The molecule has 0 atom stereocenters. The van der Waals surface area contributed by atoms with Gasteiger partial charge in [-0.15, -0.1) is 0 Å². The summed E-state index contributed by atoms with van der Waals surface area (Å²) >= 11 is 1.27. The first-order chi connectivity index (χ1) is 9.66. The molecule has 0 aromatic heterocycles. The third-order valence-corrected chi connectivity index (χ3v) is 3.31. The van der Waals surface area contributed by atoms with Crippen molar-refractivity contribution >= 4 is 23.2 Å². The van der Waals surface area contributed by atoms with Crippen molar-refractivity contribution < 1.29 is 9.72 Å². The van der Waals surface area contributed by atoms with Crippen LogP contribution in [0.3, 0.4) is 0 Å². The molecule has 0 aliphatic carbocycles. The lowest BCUT2D eigenvalue weighted by atomic mass is 10.1. The molecule has 0 bridgehead atoms. The lowest BCUT2D eigenvalue weighted by molar-refractivity contribution is -0.385. The van der Waals surface area contributed by atoms with Crippen molar-refractivity contribution in [2.24, 2.45) is 0 Å². The molecule has 0 radical (unpaired) electrons. The molecule has 0 saturated heterocycles. The minimum atomic E-state index is -0.442. The predicted octanol–water partition coefficient (Wildman–Crippen LogP) is 4.08. The van der Waals surface area contributed by atoms with Crippen molar-refractivity contribution in [3.05, 3.63) is 81.8 Å². The quantitative estimate of drug-likeness (QED) is 0.273. The monoisotopic (exact) mass is 285 g/mol. The summed E-state index contributed by atoms with van der Waals surface area (Å²) in [5, 5.41) is 12.3. The number of nitrogens with zero attached hydrogens (tertiary/aromatic N) is 1. The summed E-state index contributed by atoms with van der Waals surface area (Å²) in [5.74, 6) is -0.0940. The molecule has 0 saturated carbocycles. The number of benzene rings is 2. The van der Waals surface area contributed by atoms with Gasteiger partial charge in [0.05, 0.1) is 4.92 Å². The van der Waals surface area contributed by atoms with Crippen molar-refractivity contribution in [2.45, 2.75) is 4.90 Å². The van der Waals surface area contributed by atoms with Gasteiger partial charge in [-0.3, -0.25) is 14.9 Å². The van der Waals surface area contributed by atoms with Gasteiger partial charge in [0.1, 0.15) is 0 Å². The molecule has 2 aromatic carbocycles. The number of thioether (sulfide) groups is 1. The highest BCUT2D eigenvalue weighted by Crippen LogP contribution is 2.23. The maximum Gasteiger partial charge on any atom is 0.270 e. The van der Waals surface area contributed by atoms with E-state index in [4.69, 9.17) is 0 Å². The number of carbonyl (C=O) groups is 1. The van der Waals surface area contributed by atoms with Gasteiger partial charge in [0.2, 0.25) is 0 Å². The van der Waals surface area contributed by atoms with Crippen LogP contribution in [0.5, 0.6) is 0 Å². The van der Waals surface area contributed by atoms with Gasteiger partial charge in [0.15, 0.2) is 5.78 Å². The number of non-ortho nitro benzene ring substituents is 1. The van der Waals surface area contributed by atoms with Crippen LogP contribution in [-0.2, 0) is 0 Å².